The minimum absolute atomic E-state index is 0.00643. The highest BCUT2D eigenvalue weighted by molar-refractivity contribution is 5.73. The van der Waals surface area contributed by atoms with Gasteiger partial charge in [0.1, 0.15) is 11.6 Å². The highest BCUT2D eigenvalue weighted by Crippen LogP contribution is 2.40. The van der Waals surface area contributed by atoms with Crippen LogP contribution in [0.2, 0.25) is 0 Å². The van der Waals surface area contributed by atoms with E-state index in [1.54, 1.807) is 7.11 Å². The molecule has 1 fully saturated rings. The van der Waals surface area contributed by atoms with Crippen LogP contribution in [-0.4, -0.2) is 99.7 Å². The lowest BCUT2D eigenvalue weighted by molar-refractivity contribution is -0.193. The van der Waals surface area contributed by atoms with Gasteiger partial charge in [-0.25, -0.2) is 9.59 Å². The van der Waals surface area contributed by atoms with Crippen molar-refractivity contribution in [1.29, 1.82) is 0 Å². The number of rotatable bonds is 4. The molecule has 0 unspecified atom stereocenters. The molecule has 1 aromatic heterocycles. The number of fused-ring (bicyclic) bond motifs is 3. The van der Waals surface area contributed by atoms with Crippen molar-refractivity contribution in [2.45, 2.75) is 43.8 Å². The number of carboxylic acid groups (broad SMARTS) is 2. The molecule has 0 bridgehead atoms. The zero-order valence-corrected chi connectivity index (χ0v) is 25.1. The molecule has 0 radical (unpaired) electrons. The Hall–Kier alpha value is -4.58. The maximum Gasteiger partial charge on any atom is 0.490 e. The standard InChI is InChI=1S/C25H29N5O3.2C2HF3O2/c1-28-15-23-26-27-24(19-4-6-20(31-2)7-5-19)30(23)25(16-28)9-11-29(12-10-25)14-18-3-8-21-22(13-18)33-17-32-21;2*3-2(4,5)1(6)7/h3-8,13H,9-12,14-17H2,1-2H3;2*(H,6,7). The lowest BCUT2D eigenvalue weighted by Crippen LogP contribution is -2.55. The van der Waals surface area contributed by atoms with Crippen molar-refractivity contribution in [3.63, 3.8) is 0 Å². The van der Waals surface area contributed by atoms with Gasteiger partial charge in [-0.2, -0.15) is 26.3 Å². The number of piperidine rings is 1. The van der Waals surface area contributed by atoms with Crippen LogP contribution in [-0.2, 0) is 28.2 Å². The quantitative estimate of drug-likeness (QED) is 0.381. The van der Waals surface area contributed by atoms with Gasteiger partial charge in [0.15, 0.2) is 17.3 Å². The summed E-state index contributed by atoms with van der Waals surface area (Å²) in [5, 5.41) is 23.5. The fourth-order valence-corrected chi connectivity index (χ4v) is 5.52. The summed E-state index contributed by atoms with van der Waals surface area (Å²) in [6, 6.07) is 14.4. The minimum atomic E-state index is -5.08. The molecular weight excluding hydrogens is 644 g/mol. The first-order valence-corrected chi connectivity index (χ1v) is 14.0. The molecule has 47 heavy (non-hydrogen) atoms. The Bertz CT molecular complexity index is 1530. The molecule has 0 atom stereocenters. The SMILES string of the molecule is COc1ccc(-c2nnc3n2C2(CCN(Cc4ccc5c(c4)OCO5)CC2)CN(C)C3)cc1.O=C(O)C(F)(F)F.O=C(O)C(F)(F)F. The van der Waals surface area contributed by atoms with Crippen molar-refractivity contribution in [3.05, 3.63) is 53.9 Å². The number of carbonyl (C=O) groups is 2. The van der Waals surface area contributed by atoms with Gasteiger partial charge in [-0.3, -0.25) is 9.80 Å². The second-order valence-electron chi connectivity index (χ2n) is 11.0. The molecule has 1 spiro atoms. The predicted molar refractivity (Wildman–Crippen MR) is 151 cm³/mol. The summed E-state index contributed by atoms with van der Waals surface area (Å²) in [5.41, 5.74) is 2.35. The van der Waals surface area contributed by atoms with E-state index in [2.05, 4.69) is 55.9 Å². The Kier molecular flexibility index (Phi) is 10.5. The van der Waals surface area contributed by atoms with E-state index in [9.17, 15) is 26.3 Å². The van der Waals surface area contributed by atoms with Crippen LogP contribution >= 0.6 is 0 Å². The zero-order valence-electron chi connectivity index (χ0n) is 25.1. The summed E-state index contributed by atoms with van der Waals surface area (Å²) in [6.45, 7) is 5.13. The fourth-order valence-electron chi connectivity index (χ4n) is 5.52. The average molecular weight is 676 g/mol. The number of likely N-dealkylation sites (N-methyl/N-ethyl adjacent to an activating group) is 1. The third-order valence-corrected chi connectivity index (χ3v) is 7.64. The van der Waals surface area contributed by atoms with Crippen molar-refractivity contribution < 1.29 is 60.4 Å². The van der Waals surface area contributed by atoms with Gasteiger partial charge in [0, 0.05) is 31.7 Å². The molecule has 3 aliphatic rings. The molecule has 0 saturated carbocycles. The Balaban J connectivity index is 0.000000301. The normalized spacial score (nSPS) is 17.1. The zero-order chi connectivity index (χ0) is 34.6. The van der Waals surface area contributed by atoms with E-state index in [0.717, 1.165) is 80.0 Å². The maximum absolute atomic E-state index is 10.6. The van der Waals surface area contributed by atoms with Crippen LogP contribution in [0, 0.1) is 0 Å². The molecule has 0 amide bonds. The molecule has 4 heterocycles. The molecular formula is C29H31F6N5O7. The number of aliphatic carboxylic acids is 2. The number of alkyl halides is 6. The fraction of sp³-hybridized carbons (Fsp3) is 0.448. The summed E-state index contributed by atoms with van der Waals surface area (Å²) < 4.78 is 82.3. The summed E-state index contributed by atoms with van der Waals surface area (Å²) in [5.74, 6) is -0.951. The average Bonchev–Trinajstić information content (AvgIpc) is 3.65. The number of hydrogen-bond donors (Lipinski definition) is 2. The molecule has 18 heteroatoms. The van der Waals surface area contributed by atoms with E-state index in [0.29, 0.717) is 6.79 Å². The van der Waals surface area contributed by atoms with Crippen molar-refractivity contribution in [3.8, 4) is 28.6 Å². The van der Waals surface area contributed by atoms with Gasteiger partial charge in [0.25, 0.3) is 0 Å². The number of benzene rings is 2. The number of nitrogens with zero attached hydrogens (tertiary/aromatic N) is 5. The van der Waals surface area contributed by atoms with Gasteiger partial charge in [-0.05, 0) is 61.9 Å². The number of ether oxygens (including phenoxy) is 3. The van der Waals surface area contributed by atoms with Gasteiger partial charge in [-0.1, -0.05) is 6.07 Å². The largest absolute Gasteiger partial charge is 0.497 e. The van der Waals surface area contributed by atoms with Gasteiger partial charge < -0.3 is 29.0 Å². The highest BCUT2D eigenvalue weighted by Gasteiger charge is 2.43. The van der Waals surface area contributed by atoms with E-state index in [1.165, 1.54) is 5.56 Å². The molecule has 6 rings (SSSR count). The smallest absolute Gasteiger partial charge is 0.490 e. The molecule has 256 valence electrons. The molecule has 2 aromatic carbocycles. The highest BCUT2D eigenvalue weighted by atomic mass is 19.4. The Morgan fingerprint density at radius 3 is 2.04 bits per heavy atom. The summed E-state index contributed by atoms with van der Waals surface area (Å²) in [6.07, 6.45) is -8.04. The topological polar surface area (TPSA) is 139 Å². The van der Waals surface area contributed by atoms with Gasteiger partial charge >= 0.3 is 24.3 Å². The van der Waals surface area contributed by atoms with Crippen LogP contribution in [0.3, 0.4) is 0 Å². The first-order chi connectivity index (χ1) is 22.0. The molecule has 3 aliphatic heterocycles. The van der Waals surface area contributed by atoms with E-state index in [1.807, 2.05) is 18.2 Å². The number of hydrogen-bond acceptors (Lipinski definition) is 9. The predicted octanol–water partition coefficient (Wildman–Crippen LogP) is 4.39. The Morgan fingerprint density at radius 1 is 0.915 bits per heavy atom. The summed E-state index contributed by atoms with van der Waals surface area (Å²) in [7, 11) is 3.88. The van der Waals surface area contributed by atoms with Crippen molar-refractivity contribution in [2.75, 3.05) is 40.6 Å². The molecule has 1 saturated heterocycles. The van der Waals surface area contributed by atoms with Crippen molar-refractivity contribution in [2.24, 2.45) is 0 Å². The molecule has 0 aliphatic carbocycles. The first-order valence-electron chi connectivity index (χ1n) is 14.0. The van der Waals surface area contributed by atoms with E-state index >= 15 is 0 Å². The molecule has 12 nitrogen and oxygen atoms in total. The van der Waals surface area contributed by atoms with Crippen LogP contribution in [0.5, 0.6) is 17.2 Å². The number of aromatic nitrogens is 3. The number of halogens is 6. The number of likely N-dealkylation sites (tertiary alicyclic amines) is 1. The van der Waals surface area contributed by atoms with Gasteiger partial charge in [0.05, 0.1) is 19.2 Å². The monoisotopic (exact) mass is 675 g/mol. The van der Waals surface area contributed by atoms with E-state index in [4.69, 9.17) is 34.0 Å². The van der Waals surface area contributed by atoms with Crippen LogP contribution < -0.4 is 14.2 Å². The van der Waals surface area contributed by atoms with E-state index < -0.39 is 24.3 Å². The number of methoxy groups -OCH3 is 1. The Labute approximate surface area is 264 Å². The van der Waals surface area contributed by atoms with E-state index in [-0.39, 0.29) is 5.54 Å². The van der Waals surface area contributed by atoms with Gasteiger partial charge in [0.2, 0.25) is 6.79 Å². The summed E-state index contributed by atoms with van der Waals surface area (Å²) >= 11 is 0. The van der Waals surface area contributed by atoms with Crippen LogP contribution in [0.25, 0.3) is 11.4 Å². The lowest BCUT2D eigenvalue weighted by atomic mass is 9.84. The van der Waals surface area contributed by atoms with Crippen LogP contribution in [0.4, 0.5) is 26.3 Å². The second kappa shape index (κ2) is 14.0. The van der Waals surface area contributed by atoms with Gasteiger partial charge in [-0.15, -0.1) is 10.2 Å². The number of carboxylic acids is 2. The Morgan fingerprint density at radius 2 is 1.49 bits per heavy atom. The lowest BCUT2D eigenvalue weighted by Gasteiger charge is -2.48. The minimum Gasteiger partial charge on any atom is -0.497 e. The summed E-state index contributed by atoms with van der Waals surface area (Å²) in [4.78, 5) is 22.7. The first kappa shape index (κ1) is 35.3. The van der Waals surface area contributed by atoms with Crippen molar-refractivity contribution >= 4 is 11.9 Å². The van der Waals surface area contributed by atoms with Crippen molar-refractivity contribution in [1.82, 2.24) is 24.6 Å². The molecule has 3 aromatic rings. The third-order valence-electron chi connectivity index (χ3n) is 7.64. The third kappa shape index (κ3) is 8.62. The van der Waals surface area contributed by atoms with Crippen LogP contribution in [0.15, 0.2) is 42.5 Å². The maximum atomic E-state index is 10.6. The van der Waals surface area contributed by atoms with Crippen LogP contribution in [0.1, 0.15) is 24.2 Å². The second-order valence-corrected chi connectivity index (χ2v) is 11.0. The molecule has 2 N–H and O–H groups in total.